The van der Waals surface area contributed by atoms with E-state index < -0.39 is 0 Å². The third kappa shape index (κ3) is 2.84. The Hall–Kier alpha value is -0.650. The van der Waals surface area contributed by atoms with E-state index in [0.29, 0.717) is 19.0 Å². The molecule has 5 nitrogen and oxygen atoms in total. The number of rotatable bonds is 2. The van der Waals surface area contributed by atoms with Gasteiger partial charge >= 0.3 is 0 Å². The highest BCUT2D eigenvalue weighted by Crippen LogP contribution is 2.24. The molecule has 0 bridgehead atoms. The first-order chi connectivity index (χ1) is 8.43. The molecule has 1 amide bonds. The van der Waals surface area contributed by atoms with Gasteiger partial charge in [0.05, 0.1) is 24.4 Å². The van der Waals surface area contributed by atoms with Gasteiger partial charge in [-0.2, -0.15) is 0 Å². The minimum Gasteiger partial charge on any atom is -0.394 e. The van der Waals surface area contributed by atoms with Crippen LogP contribution in [0.4, 0.5) is 0 Å². The fourth-order valence-corrected chi connectivity index (χ4v) is 2.92. The summed E-state index contributed by atoms with van der Waals surface area (Å²) in [5.41, 5.74) is -0.386. The number of nitrogens with one attached hydrogen (secondary N) is 1. The summed E-state index contributed by atoms with van der Waals surface area (Å²) >= 11 is 0. The lowest BCUT2D eigenvalue weighted by molar-refractivity contribution is -0.168. The number of ether oxygens (including phenoxy) is 1. The van der Waals surface area contributed by atoms with Crippen molar-refractivity contribution >= 4 is 5.91 Å². The summed E-state index contributed by atoms with van der Waals surface area (Å²) in [4.78, 5) is 14.3. The zero-order valence-corrected chi connectivity index (χ0v) is 11.5. The van der Waals surface area contributed by atoms with Gasteiger partial charge in [-0.25, -0.2) is 0 Å². The first kappa shape index (κ1) is 13.8. The van der Waals surface area contributed by atoms with Crippen LogP contribution in [-0.4, -0.2) is 59.9 Å². The molecule has 2 saturated heterocycles. The molecule has 2 rings (SSSR count). The van der Waals surface area contributed by atoms with Gasteiger partial charge in [-0.3, -0.25) is 4.79 Å². The van der Waals surface area contributed by atoms with E-state index in [1.54, 1.807) is 0 Å². The van der Waals surface area contributed by atoms with Crippen LogP contribution in [0.25, 0.3) is 0 Å². The molecule has 2 heterocycles. The van der Waals surface area contributed by atoms with E-state index in [1.165, 1.54) is 0 Å². The quantitative estimate of drug-likeness (QED) is 0.729. The largest absolute Gasteiger partial charge is 0.394 e. The van der Waals surface area contributed by atoms with Gasteiger partial charge in [0.15, 0.2) is 0 Å². The van der Waals surface area contributed by atoms with Crippen LogP contribution in [0.3, 0.4) is 0 Å². The number of carbonyl (C=O) groups excluding carboxylic acids is 1. The van der Waals surface area contributed by atoms with Crippen LogP contribution in [-0.2, 0) is 9.53 Å². The van der Waals surface area contributed by atoms with Crippen LogP contribution in [0, 0.1) is 5.92 Å². The molecule has 0 radical (unpaired) electrons. The van der Waals surface area contributed by atoms with Crippen LogP contribution in [0.5, 0.6) is 0 Å². The van der Waals surface area contributed by atoms with E-state index in [2.05, 4.69) is 12.2 Å². The highest BCUT2D eigenvalue weighted by atomic mass is 16.5. The van der Waals surface area contributed by atoms with E-state index in [-0.39, 0.29) is 30.3 Å². The van der Waals surface area contributed by atoms with Crippen LogP contribution in [0.2, 0.25) is 0 Å². The molecular weight excluding hydrogens is 232 g/mol. The first-order valence-electron chi connectivity index (χ1n) is 6.74. The minimum absolute atomic E-state index is 0.0408. The maximum Gasteiger partial charge on any atom is 0.240 e. The summed E-state index contributed by atoms with van der Waals surface area (Å²) in [6.07, 6.45) is 0.780. The van der Waals surface area contributed by atoms with Gasteiger partial charge in [0, 0.05) is 13.1 Å². The highest BCUT2D eigenvalue weighted by Gasteiger charge is 2.39. The van der Waals surface area contributed by atoms with Gasteiger partial charge in [-0.15, -0.1) is 0 Å². The topological polar surface area (TPSA) is 61.8 Å². The highest BCUT2D eigenvalue weighted by molar-refractivity contribution is 5.82. The summed E-state index contributed by atoms with van der Waals surface area (Å²) in [7, 11) is 0. The van der Waals surface area contributed by atoms with Crippen molar-refractivity contribution in [2.75, 3.05) is 26.2 Å². The molecule has 0 spiro atoms. The second-order valence-corrected chi connectivity index (χ2v) is 6.10. The molecule has 2 N–H and O–H groups in total. The van der Waals surface area contributed by atoms with Crippen molar-refractivity contribution in [1.29, 1.82) is 0 Å². The Morgan fingerprint density at radius 3 is 2.83 bits per heavy atom. The number of aliphatic hydroxyl groups is 1. The molecule has 2 aliphatic heterocycles. The SMILES string of the molecule is CC1CCNC1C(=O)N1CC(CO)OC(C)(C)C1. The molecule has 5 heteroatoms. The lowest BCUT2D eigenvalue weighted by Gasteiger charge is -2.43. The number of nitrogens with zero attached hydrogens (tertiary/aromatic N) is 1. The van der Waals surface area contributed by atoms with Crippen molar-refractivity contribution in [3.05, 3.63) is 0 Å². The third-order valence-electron chi connectivity index (χ3n) is 3.80. The maximum absolute atomic E-state index is 12.5. The van der Waals surface area contributed by atoms with E-state index in [1.807, 2.05) is 18.7 Å². The summed E-state index contributed by atoms with van der Waals surface area (Å²) in [5.74, 6) is 0.533. The predicted octanol–water partition coefficient (Wildman–Crippen LogP) is -0.0173. The molecule has 0 saturated carbocycles. The zero-order chi connectivity index (χ0) is 13.3. The number of amides is 1. The molecule has 3 atom stereocenters. The van der Waals surface area contributed by atoms with Gasteiger partial charge in [-0.05, 0) is 32.7 Å². The Morgan fingerprint density at radius 1 is 1.56 bits per heavy atom. The Kier molecular flexibility index (Phi) is 3.94. The lowest BCUT2D eigenvalue weighted by Crippen LogP contribution is -2.59. The second-order valence-electron chi connectivity index (χ2n) is 6.10. The van der Waals surface area contributed by atoms with Crippen molar-refractivity contribution in [2.45, 2.75) is 44.9 Å². The van der Waals surface area contributed by atoms with Crippen molar-refractivity contribution in [3.8, 4) is 0 Å². The minimum atomic E-state index is -0.386. The predicted molar refractivity (Wildman–Crippen MR) is 68.2 cm³/mol. The first-order valence-corrected chi connectivity index (χ1v) is 6.74. The van der Waals surface area contributed by atoms with Crippen LogP contribution in [0.1, 0.15) is 27.2 Å². The summed E-state index contributed by atoms with van der Waals surface area (Å²) in [6.45, 7) is 7.98. The van der Waals surface area contributed by atoms with Gasteiger partial charge in [0.1, 0.15) is 0 Å². The Labute approximate surface area is 108 Å². The summed E-state index contributed by atoms with van der Waals surface area (Å²) in [5, 5.41) is 12.5. The smallest absolute Gasteiger partial charge is 0.240 e. The number of aliphatic hydroxyl groups excluding tert-OH is 1. The molecule has 2 fully saturated rings. The average Bonchev–Trinajstić information content (AvgIpc) is 2.72. The Balaban J connectivity index is 2.05. The van der Waals surface area contributed by atoms with Crippen molar-refractivity contribution in [2.24, 2.45) is 5.92 Å². The summed E-state index contributed by atoms with van der Waals surface area (Å²) in [6, 6.07) is -0.0711. The van der Waals surface area contributed by atoms with Gasteiger partial charge in [0.25, 0.3) is 0 Å². The molecule has 0 aromatic heterocycles. The monoisotopic (exact) mass is 256 g/mol. The summed E-state index contributed by atoms with van der Waals surface area (Å²) < 4.78 is 5.73. The molecule has 0 aliphatic carbocycles. The third-order valence-corrected chi connectivity index (χ3v) is 3.80. The number of hydrogen-bond acceptors (Lipinski definition) is 4. The van der Waals surface area contributed by atoms with Crippen molar-refractivity contribution in [3.63, 3.8) is 0 Å². The number of morpholine rings is 1. The molecule has 0 aromatic rings. The molecule has 104 valence electrons. The van der Waals surface area contributed by atoms with E-state index in [4.69, 9.17) is 4.74 Å². The second kappa shape index (κ2) is 5.15. The van der Waals surface area contributed by atoms with E-state index in [9.17, 15) is 9.90 Å². The Bertz CT molecular complexity index is 319. The normalized spacial score (nSPS) is 35.8. The van der Waals surface area contributed by atoms with Crippen molar-refractivity contribution in [1.82, 2.24) is 10.2 Å². The number of carbonyl (C=O) groups is 1. The van der Waals surface area contributed by atoms with E-state index >= 15 is 0 Å². The van der Waals surface area contributed by atoms with Crippen molar-refractivity contribution < 1.29 is 14.6 Å². The average molecular weight is 256 g/mol. The van der Waals surface area contributed by atoms with Crippen LogP contribution >= 0.6 is 0 Å². The maximum atomic E-state index is 12.5. The molecule has 2 aliphatic rings. The standard InChI is InChI=1S/C13H24N2O3/c1-9-4-5-14-11(9)12(17)15-6-10(7-16)18-13(2,3)8-15/h9-11,14,16H,4-8H2,1-3H3. The van der Waals surface area contributed by atoms with Gasteiger partial charge in [0.2, 0.25) is 5.91 Å². The van der Waals surface area contributed by atoms with Gasteiger partial charge in [-0.1, -0.05) is 6.92 Å². The molecule has 3 unspecified atom stereocenters. The molecule has 18 heavy (non-hydrogen) atoms. The van der Waals surface area contributed by atoms with Crippen LogP contribution in [0.15, 0.2) is 0 Å². The molecular formula is C13H24N2O3. The number of hydrogen-bond donors (Lipinski definition) is 2. The fourth-order valence-electron chi connectivity index (χ4n) is 2.92. The van der Waals surface area contributed by atoms with Gasteiger partial charge < -0.3 is 20.1 Å². The van der Waals surface area contributed by atoms with Crippen LogP contribution < -0.4 is 5.32 Å². The lowest BCUT2D eigenvalue weighted by atomic mass is 9.99. The molecule has 0 aromatic carbocycles. The van der Waals surface area contributed by atoms with E-state index in [0.717, 1.165) is 13.0 Å². The fraction of sp³-hybridized carbons (Fsp3) is 0.923. The zero-order valence-electron chi connectivity index (χ0n) is 11.5. The Morgan fingerprint density at radius 2 is 2.28 bits per heavy atom.